The molecule has 0 aromatic carbocycles. The number of carbonyl (C=O) groups is 1. The van der Waals surface area contributed by atoms with Gasteiger partial charge in [0.25, 0.3) is 0 Å². The summed E-state index contributed by atoms with van der Waals surface area (Å²) in [6, 6.07) is 0. The molecular formula is C7H9NO3. The second kappa shape index (κ2) is 2.74. The molecule has 1 N–H and O–H groups in total. The Bertz CT molecular complexity index is 277. The zero-order valence-corrected chi connectivity index (χ0v) is 6.42. The van der Waals surface area contributed by atoms with Gasteiger partial charge in [-0.3, -0.25) is 0 Å². The molecule has 0 saturated carbocycles. The maximum Gasteiger partial charge on any atom is 0.375 e. The number of carboxylic acids is 1. The van der Waals surface area contributed by atoms with Gasteiger partial charge in [0.1, 0.15) is 0 Å². The summed E-state index contributed by atoms with van der Waals surface area (Å²) in [5.74, 6) is -1.09. The van der Waals surface area contributed by atoms with Crippen LogP contribution in [0, 0.1) is 6.92 Å². The van der Waals surface area contributed by atoms with Crippen LogP contribution in [0.25, 0.3) is 0 Å². The van der Waals surface area contributed by atoms with E-state index < -0.39 is 5.97 Å². The van der Waals surface area contributed by atoms with Crippen molar-refractivity contribution < 1.29 is 14.4 Å². The molecule has 4 nitrogen and oxygen atoms in total. The molecule has 11 heavy (non-hydrogen) atoms. The zero-order valence-electron chi connectivity index (χ0n) is 6.42. The Morgan fingerprint density at radius 3 is 2.73 bits per heavy atom. The number of aromatic nitrogens is 1. The van der Waals surface area contributed by atoms with Gasteiger partial charge in [0.05, 0.1) is 5.69 Å². The Morgan fingerprint density at radius 1 is 1.73 bits per heavy atom. The minimum atomic E-state index is -1.05. The lowest BCUT2D eigenvalue weighted by Gasteiger charge is -1.90. The van der Waals surface area contributed by atoms with E-state index in [2.05, 4.69) is 9.68 Å². The smallest absolute Gasteiger partial charge is 0.375 e. The van der Waals surface area contributed by atoms with Crippen LogP contribution in [0.5, 0.6) is 0 Å². The maximum atomic E-state index is 10.5. The highest BCUT2D eigenvalue weighted by Gasteiger charge is 2.16. The van der Waals surface area contributed by atoms with Crippen LogP contribution in [0.4, 0.5) is 0 Å². The van der Waals surface area contributed by atoms with Gasteiger partial charge >= 0.3 is 5.97 Å². The topological polar surface area (TPSA) is 63.3 Å². The summed E-state index contributed by atoms with van der Waals surface area (Å²) < 4.78 is 4.60. The lowest BCUT2D eigenvalue weighted by molar-refractivity contribution is 0.0650. The largest absolute Gasteiger partial charge is 0.475 e. The van der Waals surface area contributed by atoms with Crippen LogP contribution in [-0.4, -0.2) is 16.2 Å². The molecule has 0 spiro atoms. The summed E-state index contributed by atoms with van der Waals surface area (Å²) in [5, 5.41) is 12.1. The summed E-state index contributed by atoms with van der Waals surface area (Å²) in [4.78, 5) is 10.5. The average Bonchev–Trinajstić information content (AvgIpc) is 2.30. The monoisotopic (exact) mass is 155 g/mol. The van der Waals surface area contributed by atoms with Crippen molar-refractivity contribution in [3.05, 3.63) is 17.0 Å². The van der Waals surface area contributed by atoms with Gasteiger partial charge < -0.3 is 9.63 Å². The summed E-state index contributed by atoms with van der Waals surface area (Å²) in [7, 11) is 0. The van der Waals surface area contributed by atoms with E-state index in [-0.39, 0.29) is 5.76 Å². The second-order valence-corrected chi connectivity index (χ2v) is 2.23. The Morgan fingerprint density at radius 2 is 2.36 bits per heavy atom. The summed E-state index contributed by atoms with van der Waals surface area (Å²) in [6.07, 6.45) is 0.636. The first-order valence-corrected chi connectivity index (χ1v) is 3.35. The first-order chi connectivity index (χ1) is 5.16. The molecule has 0 radical (unpaired) electrons. The normalized spacial score (nSPS) is 10.0. The number of aryl methyl sites for hydroxylation is 1. The fourth-order valence-corrected chi connectivity index (χ4v) is 0.973. The molecule has 1 rings (SSSR count). The third-order valence-electron chi connectivity index (χ3n) is 1.53. The van der Waals surface area contributed by atoms with E-state index in [9.17, 15) is 4.79 Å². The minimum Gasteiger partial charge on any atom is -0.475 e. The molecule has 0 atom stereocenters. The highest BCUT2D eigenvalue weighted by atomic mass is 16.5. The predicted octanol–water partition coefficient (Wildman–Crippen LogP) is 1.24. The van der Waals surface area contributed by atoms with Crippen molar-refractivity contribution in [3.8, 4) is 0 Å². The standard InChI is InChI=1S/C7H9NO3/c1-3-5-4(2)8-11-6(5)7(9)10/h3H2,1-2H3,(H,9,10). The summed E-state index contributed by atoms with van der Waals surface area (Å²) in [5.41, 5.74) is 1.34. The van der Waals surface area contributed by atoms with Crippen LogP contribution < -0.4 is 0 Å². The Kier molecular flexibility index (Phi) is 1.94. The second-order valence-electron chi connectivity index (χ2n) is 2.23. The molecule has 0 aliphatic rings. The molecule has 0 bridgehead atoms. The van der Waals surface area contributed by atoms with Crippen molar-refractivity contribution in [2.24, 2.45) is 0 Å². The first-order valence-electron chi connectivity index (χ1n) is 3.35. The number of carboxylic acid groups (broad SMARTS) is 1. The molecule has 0 amide bonds. The molecular weight excluding hydrogens is 146 g/mol. The Balaban J connectivity index is 3.15. The fourth-order valence-electron chi connectivity index (χ4n) is 0.973. The van der Waals surface area contributed by atoms with Crippen molar-refractivity contribution in [1.29, 1.82) is 0 Å². The van der Waals surface area contributed by atoms with E-state index in [1.807, 2.05) is 6.92 Å². The third kappa shape index (κ3) is 1.24. The van der Waals surface area contributed by atoms with E-state index in [1.165, 1.54) is 0 Å². The van der Waals surface area contributed by atoms with E-state index in [0.29, 0.717) is 17.7 Å². The maximum absolute atomic E-state index is 10.5. The predicted molar refractivity (Wildman–Crippen MR) is 37.6 cm³/mol. The molecule has 60 valence electrons. The van der Waals surface area contributed by atoms with Gasteiger partial charge in [-0.05, 0) is 13.3 Å². The quantitative estimate of drug-likeness (QED) is 0.697. The first kappa shape index (κ1) is 7.78. The van der Waals surface area contributed by atoms with E-state index in [0.717, 1.165) is 0 Å². The molecule has 0 aliphatic heterocycles. The number of rotatable bonds is 2. The zero-order chi connectivity index (χ0) is 8.43. The lowest BCUT2D eigenvalue weighted by Crippen LogP contribution is -1.98. The highest BCUT2D eigenvalue weighted by Crippen LogP contribution is 2.13. The Hall–Kier alpha value is -1.32. The Labute approximate surface area is 63.8 Å². The molecule has 1 aromatic heterocycles. The van der Waals surface area contributed by atoms with Crippen molar-refractivity contribution in [3.63, 3.8) is 0 Å². The van der Waals surface area contributed by atoms with Gasteiger partial charge in [0, 0.05) is 5.56 Å². The van der Waals surface area contributed by atoms with Gasteiger partial charge in [-0.15, -0.1) is 0 Å². The SMILES string of the molecule is CCc1c(C)noc1C(=O)O. The highest BCUT2D eigenvalue weighted by molar-refractivity contribution is 5.86. The van der Waals surface area contributed by atoms with Crippen LogP contribution in [0.15, 0.2) is 4.52 Å². The number of hydrogen-bond acceptors (Lipinski definition) is 3. The number of hydrogen-bond donors (Lipinski definition) is 1. The van der Waals surface area contributed by atoms with Gasteiger partial charge in [0.15, 0.2) is 0 Å². The van der Waals surface area contributed by atoms with E-state index >= 15 is 0 Å². The van der Waals surface area contributed by atoms with Crippen LogP contribution in [0.2, 0.25) is 0 Å². The molecule has 1 heterocycles. The van der Waals surface area contributed by atoms with Crippen molar-refractivity contribution in [2.45, 2.75) is 20.3 Å². The van der Waals surface area contributed by atoms with Crippen molar-refractivity contribution in [2.75, 3.05) is 0 Å². The van der Waals surface area contributed by atoms with Gasteiger partial charge in [-0.2, -0.15) is 0 Å². The van der Waals surface area contributed by atoms with Crippen LogP contribution in [0.1, 0.15) is 28.7 Å². The van der Waals surface area contributed by atoms with Crippen molar-refractivity contribution in [1.82, 2.24) is 5.16 Å². The summed E-state index contributed by atoms with van der Waals surface area (Å²) >= 11 is 0. The average molecular weight is 155 g/mol. The van der Waals surface area contributed by atoms with Crippen LogP contribution >= 0.6 is 0 Å². The van der Waals surface area contributed by atoms with Gasteiger partial charge in [-0.1, -0.05) is 12.1 Å². The third-order valence-corrected chi connectivity index (χ3v) is 1.53. The molecule has 4 heteroatoms. The molecule has 0 aliphatic carbocycles. The van der Waals surface area contributed by atoms with Crippen LogP contribution in [-0.2, 0) is 6.42 Å². The lowest BCUT2D eigenvalue weighted by atomic mass is 10.1. The fraction of sp³-hybridized carbons (Fsp3) is 0.429. The van der Waals surface area contributed by atoms with E-state index in [4.69, 9.17) is 5.11 Å². The molecule has 0 saturated heterocycles. The molecule has 0 unspecified atom stereocenters. The number of nitrogens with zero attached hydrogens (tertiary/aromatic N) is 1. The minimum absolute atomic E-state index is 0.0370. The summed E-state index contributed by atoms with van der Waals surface area (Å²) in [6.45, 7) is 3.60. The molecule has 0 fully saturated rings. The van der Waals surface area contributed by atoms with Crippen LogP contribution in [0.3, 0.4) is 0 Å². The van der Waals surface area contributed by atoms with Gasteiger partial charge in [-0.25, -0.2) is 4.79 Å². The van der Waals surface area contributed by atoms with Gasteiger partial charge in [0.2, 0.25) is 5.76 Å². The van der Waals surface area contributed by atoms with Crippen molar-refractivity contribution >= 4 is 5.97 Å². The van der Waals surface area contributed by atoms with E-state index in [1.54, 1.807) is 6.92 Å². The molecule has 1 aromatic rings. The number of aromatic carboxylic acids is 1.